The second-order valence-electron chi connectivity index (χ2n) is 6.13. The largest absolute Gasteiger partial charge is 0.384 e. The van der Waals surface area contributed by atoms with Crippen LogP contribution >= 0.6 is 0 Å². The van der Waals surface area contributed by atoms with Crippen LogP contribution in [0.5, 0.6) is 0 Å². The second-order valence-corrected chi connectivity index (χ2v) is 7.70. The average molecular weight is 309 g/mol. The molecule has 21 heavy (non-hydrogen) atoms. The quantitative estimate of drug-likeness (QED) is 0.844. The number of nitriles is 1. The maximum Gasteiger partial charge on any atom is 0.238 e. The third-order valence-electron chi connectivity index (χ3n) is 3.64. The van der Waals surface area contributed by atoms with Crippen LogP contribution in [0.1, 0.15) is 37.8 Å². The van der Waals surface area contributed by atoms with Crippen LogP contribution in [-0.4, -0.2) is 15.0 Å². The van der Waals surface area contributed by atoms with Crippen LogP contribution in [0, 0.1) is 30.6 Å². The Morgan fingerprint density at radius 2 is 1.95 bits per heavy atom. The van der Waals surface area contributed by atoms with Gasteiger partial charge in [0.2, 0.25) is 10.0 Å². The van der Waals surface area contributed by atoms with Crippen molar-refractivity contribution in [1.82, 2.24) is 0 Å². The fourth-order valence-electron chi connectivity index (χ4n) is 1.99. The van der Waals surface area contributed by atoms with Crippen molar-refractivity contribution in [3.8, 4) is 6.07 Å². The Labute approximate surface area is 127 Å². The molecule has 3 N–H and O–H groups in total. The topological polar surface area (TPSA) is 96.0 Å². The molecule has 0 spiro atoms. The minimum absolute atomic E-state index is 0.0479. The van der Waals surface area contributed by atoms with Gasteiger partial charge in [0, 0.05) is 18.7 Å². The van der Waals surface area contributed by atoms with Crippen molar-refractivity contribution < 1.29 is 8.42 Å². The molecule has 0 aliphatic rings. The summed E-state index contributed by atoms with van der Waals surface area (Å²) in [7, 11) is -3.72. The normalized spacial score (nSPS) is 12.0. The Morgan fingerprint density at radius 3 is 2.48 bits per heavy atom. The number of sulfonamides is 1. The Balaban J connectivity index is 2.99. The molecule has 0 amide bonds. The summed E-state index contributed by atoms with van der Waals surface area (Å²) in [6.07, 6.45) is 1.29. The molecule has 0 aliphatic heterocycles. The molecule has 1 aromatic rings. The smallest absolute Gasteiger partial charge is 0.238 e. The molecule has 0 unspecified atom stereocenters. The number of anilines is 1. The van der Waals surface area contributed by atoms with Crippen molar-refractivity contribution in [3.63, 3.8) is 0 Å². The van der Waals surface area contributed by atoms with E-state index in [1.54, 1.807) is 12.1 Å². The molecule has 0 aromatic heterocycles. The molecule has 1 rings (SSSR count). The fraction of sp³-hybridized carbons (Fsp3) is 0.533. The molecule has 1 aromatic carbocycles. The van der Waals surface area contributed by atoms with Crippen molar-refractivity contribution >= 4 is 15.7 Å². The van der Waals surface area contributed by atoms with Crippen LogP contribution in [0.4, 0.5) is 5.69 Å². The third kappa shape index (κ3) is 5.03. The molecule has 0 atom stereocenters. The van der Waals surface area contributed by atoms with Gasteiger partial charge in [-0.15, -0.1) is 0 Å². The van der Waals surface area contributed by atoms with Gasteiger partial charge in [-0.05, 0) is 48.9 Å². The molecule has 5 nitrogen and oxygen atoms in total. The molecule has 0 radical (unpaired) electrons. The predicted molar refractivity (Wildman–Crippen MR) is 84.4 cm³/mol. The maximum absolute atomic E-state index is 11.5. The van der Waals surface area contributed by atoms with E-state index in [4.69, 9.17) is 10.4 Å². The van der Waals surface area contributed by atoms with E-state index >= 15 is 0 Å². The first-order valence-corrected chi connectivity index (χ1v) is 8.36. The van der Waals surface area contributed by atoms with E-state index in [0.717, 1.165) is 23.2 Å². The average Bonchev–Trinajstić information content (AvgIpc) is 2.37. The number of nitrogens with two attached hydrogens (primary N) is 1. The predicted octanol–water partition coefficient (Wildman–Crippen LogP) is 2.69. The summed E-state index contributed by atoms with van der Waals surface area (Å²) in [5.74, 6) is 0. The maximum atomic E-state index is 11.5. The van der Waals surface area contributed by atoms with Gasteiger partial charge in [0.05, 0.1) is 11.0 Å². The molecule has 0 bridgehead atoms. The van der Waals surface area contributed by atoms with E-state index in [1.165, 1.54) is 0 Å². The first kappa shape index (κ1) is 17.5. The summed E-state index contributed by atoms with van der Waals surface area (Å²) in [6.45, 7) is 8.60. The second kappa shape index (κ2) is 6.46. The van der Waals surface area contributed by atoms with Crippen LogP contribution in [0.2, 0.25) is 0 Å². The summed E-state index contributed by atoms with van der Waals surface area (Å²) in [6, 6.07) is 5.30. The highest BCUT2D eigenvalue weighted by Gasteiger charge is 2.19. The van der Waals surface area contributed by atoms with E-state index in [9.17, 15) is 8.42 Å². The summed E-state index contributed by atoms with van der Waals surface area (Å²) in [5, 5.41) is 17.2. The van der Waals surface area contributed by atoms with E-state index < -0.39 is 10.0 Å². The van der Waals surface area contributed by atoms with Gasteiger partial charge < -0.3 is 5.32 Å². The lowest BCUT2D eigenvalue weighted by atomic mass is 9.88. The van der Waals surface area contributed by atoms with E-state index in [0.29, 0.717) is 13.0 Å². The molecular formula is C15H23N3O2S. The standard InChI is InChI=1S/C15H23N3O2S/c1-11-8-13(21(17,19)20)9-14(12(11)2)18-10-15(3,4)6-5-7-16/h8-9,18H,5-6,10H2,1-4H3,(H2,17,19,20). The summed E-state index contributed by atoms with van der Waals surface area (Å²) in [4.78, 5) is 0.114. The number of benzene rings is 1. The van der Waals surface area contributed by atoms with Crippen LogP contribution in [0.15, 0.2) is 17.0 Å². The SMILES string of the molecule is Cc1cc(S(N)(=O)=O)cc(NCC(C)(C)CCC#N)c1C. The summed E-state index contributed by atoms with van der Waals surface area (Å²) >= 11 is 0. The molecule has 116 valence electrons. The molecule has 0 saturated heterocycles. The highest BCUT2D eigenvalue weighted by Crippen LogP contribution is 2.27. The molecule has 0 aliphatic carbocycles. The monoisotopic (exact) mass is 309 g/mol. The Morgan fingerprint density at radius 1 is 1.33 bits per heavy atom. The van der Waals surface area contributed by atoms with Crippen molar-refractivity contribution in [2.75, 3.05) is 11.9 Å². The van der Waals surface area contributed by atoms with Crippen LogP contribution in [-0.2, 0) is 10.0 Å². The molecule has 0 fully saturated rings. The number of hydrogen-bond acceptors (Lipinski definition) is 4. The van der Waals surface area contributed by atoms with E-state index in [1.807, 2.05) is 13.8 Å². The Bertz CT molecular complexity index is 658. The van der Waals surface area contributed by atoms with Gasteiger partial charge in [-0.3, -0.25) is 0 Å². The van der Waals surface area contributed by atoms with Crippen molar-refractivity contribution in [3.05, 3.63) is 23.3 Å². The number of rotatable bonds is 6. The van der Waals surface area contributed by atoms with Gasteiger partial charge in [-0.2, -0.15) is 5.26 Å². The summed E-state index contributed by atoms with van der Waals surface area (Å²) in [5.41, 5.74) is 2.59. The fourth-order valence-corrected chi connectivity index (χ4v) is 2.61. The van der Waals surface area contributed by atoms with Gasteiger partial charge >= 0.3 is 0 Å². The highest BCUT2D eigenvalue weighted by molar-refractivity contribution is 7.89. The van der Waals surface area contributed by atoms with Crippen LogP contribution in [0.3, 0.4) is 0 Å². The third-order valence-corrected chi connectivity index (χ3v) is 4.53. The lowest BCUT2D eigenvalue weighted by molar-refractivity contribution is 0.363. The molecular weight excluding hydrogens is 286 g/mol. The van der Waals surface area contributed by atoms with Crippen molar-refractivity contribution in [2.45, 2.75) is 45.4 Å². The first-order chi connectivity index (χ1) is 9.57. The van der Waals surface area contributed by atoms with Crippen molar-refractivity contribution in [1.29, 1.82) is 5.26 Å². The minimum Gasteiger partial charge on any atom is -0.384 e. The zero-order valence-electron chi connectivity index (χ0n) is 13.0. The number of aryl methyl sites for hydroxylation is 1. The van der Waals surface area contributed by atoms with E-state index in [-0.39, 0.29) is 10.3 Å². The zero-order chi connectivity index (χ0) is 16.3. The lowest BCUT2D eigenvalue weighted by Gasteiger charge is -2.25. The zero-order valence-corrected chi connectivity index (χ0v) is 13.8. The van der Waals surface area contributed by atoms with Gasteiger partial charge in [0.25, 0.3) is 0 Å². The number of hydrogen-bond donors (Lipinski definition) is 2. The van der Waals surface area contributed by atoms with Crippen molar-refractivity contribution in [2.24, 2.45) is 10.6 Å². The van der Waals surface area contributed by atoms with Gasteiger partial charge in [-0.1, -0.05) is 13.8 Å². The van der Waals surface area contributed by atoms with Gasteiger partial charge in [0.15, 0.2) is 0 Å². The summed E-state index contributed by atoms with van der Waals surface area (Å²) < 4.78 is 23.0. The molecule has 0 heterocycles. The lowest BCUT2D eigenvalue weighted by Crippen LogP contribution is -2.23. The van der Waals surface area contributed by atoms with Crippen LogP contribution in [0.25, 0.3) is 0 Å². The first-order valence-electron chi connectivity index (χ1n) is 6.82. The molecule has 6 heteroatoms. The van der Waals surface area contributed by atoms with Gasteiger partial charge in [0.1, 0.15) is 0 Å². The number of primary sulfonamides is 1. The minimum atomic E-state index is -3.72. The van der Waals surface area contributed by atoms with E-state index in [2.05, 4.69) is 25.2 Å². The van der Waals surface area contributed by atoms with Crippen LogP contribution < -0.4 is 10.5 Å². The number of nitrogens with one attached hydrogen (secondary N) is 1. The van der Waals surface area contributed by atoms with Gasteiger partial charge in [-0.25, -0.2) is 13.6 Å². The Kier molecular flexibility index (Phi) is 5.37. The molecule has 0 saturated carbocycles. The highest BCUT2D eigenvalue weighted by atomic mass is 32.2. The Hall–Kier alpha value is -1.58. The number of nitrogens with zero attached hydrogens (tertiary/aromatic N) is 1.